The molecule has 1 atom stereocenters. The fourth-order valence-corrected chi connectivity index (χ4v) is 3.71. The lowest BCUT2D eigenvalue weighted by Crippen LogP contribution is -2.43. The second kappa shape index (κ2) is 6.90. The van der Waals surface area contributed by atoms with Gasteiger partial charge in [-0.15, -0.1) is 11.8 Å². The van der Waals surface area contributed by atoms with E-state index in [2.05, 4.69) is 35.7 Å². The van der Waals surface area contributed by atoms with Crippen LogP contribution in [0, 0.1) is 0 Å². The van der Waals surface area contributed by atoms with E-state index in [1.807, 2.05) is 0 Å². The zero-order valence-electron chi connectivity index (χ0n) is 12.9. The first-order valence-electron chi connectivity index (χ1n) is 7.66. The Morgan fingerprint density at radius 3 is 2.76 bits per heavy atom. The molecule has 1 fully saturated rings. The van der Waals surface area contributed by atoms with Crippen LogP contribution in [0.2, 0.25) is 0 Å². The first-order chi connectivity index (χ1) is 10.3. The Balaban J connectivity index is 1.77. The van der Waals surface area contributed by atoms with Crippen molar-refractivity contribution < 1.29 is 9.47 Å². The van der Waals surface area contributed by atoms with Crippen LogP contribution in [-0.2, 0) is 6.54 Å². The lowest BCUT2D eigenvalue weighted by molar-refractivity contribution is 0.168. The number of nitrogens with one attached hydrogen (secondary N) is 1. The molecule has 2 heterocycles. The van der Waals surface area contributed by atoms with Gasteiger partial charge in [0.1, 0.15) is 13.2 Å². The summed E-state index contributed by atoms with van der Waals surface area (Å²) in [5.41, 5.74) is 1.35. The Labute approximate surface area is 131 Å². The number of thioether (sulfide) groups is 1. The van der Waals surface area contributed by atoms with Crippen LogP contribution in [0.4, 0.5) is 0 Å². The summed E-state index contributed by atoms with van der Waals surface area (Å²) in [6.07, 6.45) is 4.68. The number of rotatable bonds is 4. The van der Waals surface area contributed by atoms with Crippen molar-refractivity contribution in [2.24, 2.45) is 0 Å². The number of hydrogen-bond acceptors (Lipinski definition) is 5. The van der Waals surface area contributed by atoms with Crippen LogP contribution in [-0.4, -0.2) is 50.5 Å². The van der Waals surface area contributed by atoms with Crippen molar-refractivity contribution in [1.82, 2.24) is 10.2 Å². The van der Waals surface area contributed by atoms with Gasteiger partial charge in [-0.25, -0.2) is 0 Å². The van der Waals surface area contributed by atoms with Crippen LogP contribution in [0.3, 0.4) is 0 Å². The summed E-state index contributed by atoms with van der Waals surface area (Å²) in [7, 11) is 2.06. The van der Waals surface area contributed by atoms with E-state index >= 15 is 0 Å². The molecule has 116 valence electrons. The minimum Gasteiger partial charge on any atom is -0.486 e. The maximum absolute atomic E-state index is 5.73. The molecule has 1 saturated heterocycles. The quantitative estimate of drug-likeness (QED) is 0.864. The fraction of sp³-hybridized carbons (Fsp3) is 0.625. The van der Waals surface area contributed by atoms with Gasteiger partial charge >= 0.3 is 0 Å². The Bertz CT molecular complexity index is 495. The first-order valence-corrected chi connectivity index (χ1v) is 8.88. The van der Waals surface area contributed by atoms with Crippen molar-refractivity contribution in [3.05, 3.63) is 17.7 Å². The summed E-state index contributed by atoms with van der Waals surface area (Å²) in [5.74, 6) is 1.79. The van der Waals surface area contributed by atoms with Gasteiger partial charge in [0.25, 0.3) is 0 Å². The number of nitrogens with zero attached hydrogens (tertiary/aromatic N) is 1. The average molecular weight is 308 g/mol. The molecule has 0 radical (unpaired) electrons. The van der Waals surface area contributed by atoms with Gasteiger partial charge in [0.2, 0.25) is 0 Å². The molecule has 0 spiro atoms. The van der Waals surface area contributed by atoms with Crippen LogP contribution >= 0.6 is 11.8 Å². The molecule has 3 rings (SSSR count). The highest BCUT2D eigenvalue weighted by atomic mass is 32.2. The summed E-state index contributed by atoms with van der Waals surface area (Å²) in [5, 5.41) is 3.41. The van der Waals surface area contributed by atoms with Gasteiger partial charge in [-0.1, -0.05) is 0 Å². The molecule has 5 heteroatoms. The van der Waals surface area contributed by atoms with E-state index in [9.17, 15) is 0 Å². The molecule has 2 aliphatic rings. The van der Waals surface area contributed by atoms with Gasteiger partial charge in [-0.05, 0) is 50.4 Å². The first kappa shape index (κ1) is 15.0. The predicted molar refractivity (Wildman–Crippen MR) is 86.6 cm³/mol. The van der Waals surface area contributed by atoms with E-state index in [1.54, 1.807) is 11.8 Å². The maximum Gasteiger partial charge on any atom is 0.162 e. The highest BCUT2D eigenvalue weighted by Gasteiger charge is 2.21. The van der Waals surface area contributed by atoms with E-state index in [-0.39, 0.29) is 0 Å². The molecule has 0 saturated carbocycles. The molecule has 4 nitrogen and oxygen atoms in total. The number of benzene rings is 1. The van der Waals surface area contributed by atoms with E-state index in [0.29, 0.717) is 19.3 Å². The Morgan fingerprint density at radius 1 is 1.29 bits per heavy atom. The fourth-order valence-electron chi connectivity index (χ4n) is 3.10. The molecule has 1 N–H and O–H groups in total. The largest absolute Gasteiger partial charge is 0.486 e. The maximum atomic E-state index is 5.73. The Morgan fingerprint density at radius 2 is 2.05 bits per heavy atom. The van der Waals surface area contributed by atoms with Crippen LogP contribution < -0.4 is 14.8 Å². The molecule has 1 aromatic carbocycles. The van der Waals surface area contributed by atoms with Crippen LogP contribution in [0.5, 0.6) is 11.5 Å². The van der Waals surface area contributed by atoms with Gasteiger partial charge in [0.15, 0.2) is 11.5 Å². The number of piperidine rings is 1. The molecule has 0 amide bonds. The lowest BCUT2D eigenvalue weighted by atomic mass is 10.0. The number of hydrogen-bond donors (Lipinski definition) is 1. The minimum absolute atomic E-state index is 0.619. The Hall–Kier alpha value is -0.910. The highest BCUT2D eigenvalue weighted by molar-refractivity contribution is 7.98. The van der Waals surface area contributed by atoms with Crippen LogP contribution in [0.25, 0.3) is 0 Å². The highest BCUT2D eigenvalue weighted by Crippen LogP contribution is 2.37. The van der Waals surface area contributed by atoms with Gasteiger partial charge in [0, 0.05) is 24.0 Å². The summed E-state index contributed by atoms with van der Waals surface area (Å²) < 4.78 is 11.4. The van der Waals surface area contributed by atoms with Crippen molar-refractivity contribution in [2.45, 2.75) is 30.3 Å². The minimum atomic E-state index is 0.619. The molecule has 1 aromatic rings. The van der Waals surface area contributed by atoms with E-state index in [1.165, 1.54) is 29.8 Å². The second-order valence-electron chi connectivity index (χ2n) is 5.67. The number of likely N-dealkylation sites (tertiary alicyclic amines) is 1. The SMILES string of the molecule is CNC1CCCN(Cc2cc3c(cc2SC)OCCO3)C1. The number of likely N-dealkylation sites (N-methyl/N-ethyl adjacent to an activating group) is 1. The molecule has 2 aliphatic heterocycles. The summed E-state index contributed by atoms with van der Waals surface area (Å²) in [6, 6.07) is 4.92. The second-order valence-corrected chi connectivity index (χ2v) is 6.52. The smallest absolute Gasteiger partial charge is 0.162 e. The van der Waals surface area contributed by atoms with Crippen LogP contribution in [0.15, 0.2) is 17.0 Å². The van der Waals surface area contributed by atoms with Crippen molar-refractivity contribution in [2.75, 3.05) is 39.6 Å². The summed E-state index contributed by atoms with van der Waals surface area (Å²) in [4.78, 5) is 3.83. The van der Waals surface area contributed by atoms with E-state index < -0.39 is 0 Å². The zero-order valence-corrected chi connectivity index (χ0v) is 13.7. The number of fused-ring (bicyclic) bond motifs is 1. The molecule has 21 heavy (non-hydrogen) atoms. The average Bonchev–Trinajstić information content (AvgIpc) is 2.54. The van der Waals surface area contributed by atoms with Crippen molar-refractivity contribution >= 4 is 11.8 Å². The monoisotopic (exact) mass is 308 g/mol. The molecule has 0 aromatic heterocycles. The van der Waals surface area contributed by atoms with Crippen molar-refractivity contribution in [3.8, 4) is 11.5 Å². The third-order valence-electron chi connectivity index (χ3n) is 4.25. The molecule has 1 unspecified atom stereocenters. The molecular formula is C16H24N2O2S. The van der Waals surface area contributed by atoms with Gasteiger partial charge in [-0.3, -0.25) is 4.90 Å². The van der Waals surface area contributed by atoms with Crippen molar-refractivity contribution in [1.29, 1.82) is 0 Å². The number of ether oxygens (including phenoxy) is 2. The van der Waals surface area contributed by atoms with E-state index in [4.69, 9.17) is 9.47 Å². The predicted octanol–water partition coefficient (Wildman–Crippen LogP) is 2.36. The third-order valence-corrected chi connectivity index (χ3v) is 5.07. The zero-order chi connectivity index (χ0) is 14.7. The molecular weight excluding hydrogens is 284 g/mol. The Kier molecular flexibility index (Phi) is 4.93. The standard InChI is InChI=1S/C16H24N2O2S/c1-17-13-4-3-5-18(11-13)10-12-8-14-15(9-16(12)21-2)20-7-6-19-14/h8-9,13,17H,3-7,10-11H2,1-2H3. The molecule has 0 bridgehead atoms. The molecule has 0 aliphatic carbocycles. The summed E-state index contributed by atoms with van der Waals surface area (Å²) in [6.45, 7) is 4.59. The van der Waals surface area contributed by atoms with E-state index in [0.717, 1.165) is 24.6 Å². The van der Waals surface area contributed by atoms with Gasteiger partial charge in [0.05, 0.1) is 0 Å². The normalized spacial score (nSPS) is 22.3. The van der Waals surface area contributed by atoms with Crippen LogP contribution in [0.1, 0.15) is 18.4 Å². The third kappa shape index (κ3) is 3.47. The van der Waals surface area contributed by atoms with Gasteiger partial charge < -0.3 is 14.8 Å². The van der Waals surface area contributed by atoms with Crippen molar-refractivity contribution in [3.63, 3.8) is 0 Å². The lowest BCUT2D eigenvalue weighted by Gasteiger charge is -2.33. The van der Waals surface area contributed by atoms with Gasteiger partial charge in [-0.2, -0.15) is 0 Å². The topological polar surface area (TPSA) is 33.7 Å². The summed E-state index contributed by atoms with van der Waals surface area (Å²) >= 11 is 1.79.